The summed E-state index contributed by atoms with van der Waals surface area (Å²) < 4.78 is 6.56. The fourth-order valence-electron chi connectivity index (χ4n) is 1.58. The molecule has 18 heavy (non-hydrogen) atoms. The van der Waals surface area contributed by atoms with Crippen LogP contribution < -0.4 is 0 Å². The van der Waals surface area contributed by atoms with Gasteiger partial charge in [0.25, 0.3) is 0 Å². The minimum Gasteiger partial charge on any atom is -0.102 e. The minimum atomic E-state index is 1.13. The lowest BCUT2D eigenvalue weighted by molar-refractivity contribution is -0.0832. The van der Waals surface area contributed by atoms with Gasteiger partial charge in [0.1, 0.15) is 23.7 Å². The topological polar surface area (TPSA) is 18.5 Å². The van der Waals surface area contributed by atoms with Gasteiger partial charge in [0.2, 0.25) is 0 Å². The number of aryl methyl sites for hydroxylation is 2. The van der Waals surface area contributed by atoms with E-state index in [-0.39, 0.29) is 0 Å². The van der Waals surface area contributed by atoms with E-state index in [0.29, 0.717) is 0 Å². The lowest BCUT2D eigenvalue weighted by Gasteiger charge is -2.01. The Morgan fingerprint density at radius 1 is 0.611 bits per heavy atom. The molecule has 0 heterocycles. The fraction of sp³-hybridized carbons (Fsp3) is 0.143. The maximum Gasteiger partial charge on any atom is 0.102 e. The summed E-state index contributed by atoms with van der Waals surface area (Å²) in [6.45, 7) is 0. The minimum absolute atomic E-state index is 1.13. The highest BCUT2D eigenvalue weighted by atomic mass is 35.5. The van der Waals surface area contributed by atoms with Crippen LogP contribution in [0.5, 0.6) is 0 Å². The molecule has 0 spiro atoms. The normalized spacial score (nSPS) is 9.44. The van der Waals surface area contributed by atoms with Gasteiger partial charge in [-0.05, 0) is 24.0 Å². The Kier molecular flexibility index (Phi) is 8.26. The van der Waals surface area contributed by atoms with Crippen molar-refractivity contribution in [3.05, 3.63) is 71.8 Å². The van der Waals surface area contributed by atoms with Crippen molar-refractivity contribution in [3.8, 4) is 0 Å². The lowest BCUT2D eigenvalue weighted by Crippen LogP contribution is -1.89. The third-order valence-corrected chi connectivity index (χ3v) is 2.60. The zero-order valence-electron chi connectivity index (χ0n) is 9.76. The largest absolute Gasteiger partial charge is 0.102 e. The third kappa shape index (κ3) is 6.62. The second-order valence-corrected chi connectivity index (χ2v) is 3.85. The van der Waals surface area contributed by atoms with E-state index in [4.69, 9.17) is 0 Å². The standard InChI is InChI=1S/C14H14.Cl2O2/c1-3-7-13(8-4-1)11-12-14-9-5-2-6-10-14;1-3-4-2/h1-10H,11-12H2;. The first-order chi connectivity index (χ1) is 8.86. The number of halogens is 2. The van der Waals surface area contributed by atoms with Gasteiger partial charge in [0.15, 0.2) is 0 Å². The molecule has 0 aliphatic carbocycles. The second kappa shape index (κ2) is 9.92. The average Bonchev–Trinajstić information content (AvgIpc) is 2.47. The first-order valence-electron chi connectivity index (χ1n) is 5.50. The molecule has 96 valence electrons. The number of hydrogen-bond donors (Lipinski definition) is 0. The number of rotatable bonds is 4. The second-order valence-electron chi connectivity index (χ2n) is 3.60. The predicted molar refractivity (Wildman–Crippen MR) is 74.2 cm³/mol. The summed E-state index contributed by atoms with van der Waals surface area (Å²) >= 11 is 8.66. The first kappa shape index (κ1) is 15.0. The third-order valence-electron chi connectivity index (χ3n) is 2.41. The molecule has 0 unspecified atom stereocenters. The molecule has 0 bridgehead atoms. The van der Waals surface area contributed by atoms with Gasteiger partial charge in [-0.3, -0.25) is 0 Å². The average molecular weight is 285 g/mol. The molecule has 0 radical (unpaired) electrons. The van der Waals surface area contributed by atoms with Crippen molar-refractivity contribution in [1.82, 2.24) is 0 Å². The summed E-state index contributed by atoms with van der Waals surface area (Å²) in [5.74, 6) is 0. The van der Waals surface area contributed by atoms with E-state index in [0.717, 1.165) is 12.8 Å². The van der Waals surface area contributed by atoms with Crippen LogP contribution in [0, 0.1) is 0 Å². The quantitative estimate of drug-likeness (QED) is 0.598. The molecule has 0 aliphatic rings. The van der Waals surface area contributed by atoms with Gasteiger partial charge in [-0.1, -0.05) is 60.7 Å². The van der Waals surface area contributed by atoms with Gasteiger partial charge in [-0.25, -0.2) is 0 Å². The van der Waals surface area contributed by atoms with Crippen molar-refractivity contribution in [3.63, 3.8) is 0 Å². The van der Waals surface area contributed by atoms with Crippen LogP contribution in [0.15, 0.2) is 60.7 Å². The first-order valence-corrected chi connectivity index (χ1v) is 6.12. The molecule has 2 nitrogen and oxygen atoms in total. The molecule has 0 saturated carbocycles. The molecular weight excluding hydrogens is 271 g/mol. The fourth-order valence-corrected chi connectivity index (χ4v) is 1.58. The smallest absolute Gasteiger partial charge is 0.102 e. The summed E-state index contributed by atoms with van der Waals surface area (Å²) in [6, 6.07) is 21.2. The van der Waals surface area contributed by atoms with Gasteiger partial charge >= 0.3 is 0 Å². The van der Waals surface area contributed by atoms with E-state index >= 15 is 0 Å². The summed E-state index contributed by atoms with van der Waals surface area (Å²) in [7, 11) is 0. The van der Waals surface area contributed by atoms with Crippen LogP contribution >= 0.6 is 23.7 Å². The highest BCUT2D eigenvalue weighted by Gasteiger charge is 1.93. The molecule has 2 aromatic rings. The van der Waals surface area contributed by atoms with Crippen LogP contribution in [0.25, 0.3) is 0 Å². The van der Waals surface area contributed by atoms with Crippen molar-refractivity contribution in [2.24, 2.45) is 0 Å². The summed E-state index contributed by atoms with van der Waals surface area (Å²) in [5.41, 5.74) is 2.83. The molecule has 0 N–H and O–H groups in total. The van der Waals surface area contributed by atoms with Crippen LogP contribution in [-0.4, -0.2) is 0 Å². The molecule has 0 fully saturated rings. The molecule has 2 aromatic carbocycles. The van der Waals surface area contributed by atoms with Crippen LogP contribution in [0.3, 0.4) is 0 Å². The van der Waals surface area contributed by atoms with Gasteiger partial charge in [-0.2, -0.15) is 0 Å². The van der Waals surface area contributed by atoms with E-state index in [2.05, 4.69) is 93.3 Å². The monoisotopic (exact) mass is 284 g/mol. The Labute approximate surface area is 117 Å². The Morgan fingerprint density at radius 3 is 1.22 bits per heavy atom. The summed E-state index contributed by atoms with van der Waals surface area (Å²) in [5, 5.41) is 0. The highest BCUT2D eigenvalue weighted by molar-refractivity contribution is 6.10. The molecule has 0 amide bonds. The summed E-state index contributed by atoms with van der Waals surface area (Å²) in [6.07, 6.45) is 2.26. The van der Waals surface area contributed by atoms with Crippen LogP contribution in [-0.2, 0) is 21.7 Å². The van der Waals surface area contributed by atoms with Gasteiger partial charge in [0, 0.05) is 0 Å². The molecule has 0 saturated heterocycles. The Balaban J connectivity index is 0.000000357. The number of benzene rings is 2. The van der Waals surface area contributed by atoms with Gasteiger partial charge in [0.05, 0.1) is 0 Å². The molecule has 4 heteroatoms. The van der Waals surface area contributed by atoms with Crippen molar-refractivity contribution >= 4 is 23.7 Å². The molecular formula is C14H14Cl2O2. The zero-order valence-corrected chi connectivity index (χ0v) is 11.3. The van der Waals surface area contributed by atoms with E-state index < -0.39 is 0 Å². The van der Waals surface area contributed by atoms with Crippen LogP contribution in [0.4, 0.5) is 0 Å². The molecule has 2 rings (SSSR count). The van der Waals surface area contributed by atoms with Crippen molar-refractivity contribution in [2.45, 2.75) is 12.8 Å². The van der Waals surface area contributed by atoms with E-state index in [1.807, 2.05) is 0 Å². The van der Waals surface area contributed by atoms with E-state index in [1.165, 1.54) is 11.1 Å². The maximum absolute atomic E-state index is 4.33. The lowest BCUT2D eigenvalue weighted by atomic mass is 10.0. The number of hydrogen-bond acceptors (Lipinski definition) is 2. The molecule has 0 aromatic heterocycles. The van der Waals surface area contributed by atoms with E-state index in [9.17, 15) is 0 Å². The van der Waals surface area contributed by atoms with E-state index in [1.54, 1.807) is 0 Å². The van der Waals surface area contributed by atoms with Crippen molar-refractivity contribution in [1.29, 1.82) is 0 Å². The predicted octanol–water partition coefficient (Wildman–Crippen LogP) is 4.71. The summed E-state index contributed by atoms with van der Waals surface area (Å²) in [4.78, 5) is 0. The maximum atomic E-state index is 4.33. The Hall–Kier alpha value is -1.06. The van der Waals surface area contributed by atoms with Gasteiger partial charge < -0.3 is 0 Å². The SMILES string of the molecule is ClOOCl.c1ccc(CCc2ccccc2)cc1. The Bertz CT molecular complexity index is 365. The highest BCUT2D eigenvalue weighted by Crippen LogP contribution is 2.06. The van der Waals surface area contributed by atoms with Crippen molar-refractivity contribution < 1.29 is 8.88 Å². The molecule has 0 atom stereocenters. The Morgan fingerprint density at radius 2 is 0.944 bits per heavy atom. The van der Waals surface area contributed by atoms with Crippen LogP contribution in [0.1, 0.15) is 11.1 Å². The zero-order chi connectivity index (χ0) is 13.1. The van der Waals surface area contributed by atoms with Crippen LogP contribution in [0.2, 0.25) is 0 Å². The van der Waals surface area contributed by atoms with Crippen molar-refractivity contribution in [2.75, 3.05) is 0 Å². The molecule has 0 aliphatic heterocycles. The van der Waals surface area contributed by atoms with Gasteiger partial charge in [-0.15, -0.1) is 8.88 Å².